The largest absolute Gasteiger partial charge is 0.350 e. The Labute approximate surface area is 197 Å². The Morgan fingerprint density at radius 1 is 1.12 bits per heavy atom. The summed E-state index contributed by atoms with van der Waals surface area (Å²) < 4.78 is 12.6. The van der Waals surface area contributed by atoms with E-state index in [4.69, 9.17) is 0 Å². The third-order valence-electron chi connectivity index (χ3n) is 6.17. The van der Waals surface area contributed by atoms with Crippen LogP contribution in [0.4, 0.5) is 4.39 Å². The van der Waals surface area contributed by atoms with Crippen molar-refractivity contribution in [1.29, 1.82) is 0 Å². The quantitative estimate of drug-likeness (QED) is 0.677. The number of hydrogen-bond donors (Lipinski definition) is 2. The van der Waals surface area contributed by atoms with Gasteiger partial charge in [0.15, 0.2) is 0 Å². The highest BCUT2D eigenvalue weighted by atomic mass is 32.2. The zero-order valence-electron chi connectivity index (χ0n) is 19.1. The Morgan fingerprint density at radius 3 is 2.45 bits per heavy atom. The number of thioether (sulfide) groups is 1. The Hall–Kier alpha value is -2.87. The molecule has 2 N–H and O–H groups in total. The zero-order valence-corrected chi connectivity index (χ0v) is 19.9. The van der Waals surface area contributed by atoms with E-state index in [-0.39, 0.29) is 41.4 Å². The van der Waals surface area contributed by atoms with Crippen LogP contribution in [-0.2, 0) is 16.1 Å². The van der Waals surface area contributed by atoms with Crippen molar-refractivity contribution < 1.29 is 18.8 Å². The molecule has 1 fully saturated rings. The van der Waals surface area contributed by atoms with Crippen LogP contribution >= 0.6 is 11.8 Å². The lowest BCUT2D eigenvalue weighted by Crippen LogP contribution is -2.58. The first kappa shape index (κ1) is 23.3. The molecule has 0 aromatic heterocycles. The summed E-state index contributed by atoms with van der Waals surface area (Å²) in [7, 11) is 0. The number of hydrogen-bond acceptors (Lipinski definition) is 4. The van der Waals surface area contributed by atoms with Crippen LogP contribution in [0.15, 0.2) is 48.5 Å². The van der Waals surface area contributed by atoms with Crippen LogP contribution in [-0.4, -0.2) is 39.5 Å². The maximum atomic E-state index is 13.5. The van der Waals surface area contributed by atoms with Crippen molar-refractivity contribution in [2.24, 2.45) is 5.92 Å². The molecule has 3 amide bonds. The molecule has 2 aromatic carbocycles. The van der Waals surface area contributed by atoms with Crippen molar-refractivity contribution >= 4 is 29.5 Å². The molecule has 8 heteroatoms. The van der Waals surface area contributed by atoms with Gasteiger partial charge in [-0.2, -0.15) is 0 Å². The van der Waals surface area contributed by atoms with Gasteiger partial charge in [-0.15, -0.1) is 11.8 Å². The number of amides is 3. The summed E-state index contributed by atoms with van der Waals surface area (Å²) in [6.07, 6.45) is 0. The Bertz CT molecular complexity index is 1090. The molecular weight excluding hydrogens is 441 g/mol. The van der Waals surface area contributed by atoms with Crippen LogP contribution in [0.5, 0.6) is 0 Å². The summed E-state index contributed by atoms with van der Waals surface area (Å²) in [6.45, 7) is 7.85. The molecule has 2 aliphatic rings. The van der Waals surface area contributed by atoms with Crippen molar-refractivity contribution in [3.05, 3.63) is 71.0 Å². The van der Waals surface area contributed by atoms with Gasteiger partial charge in [0, 0.05) is 16.9 Å². The third kappa shape index (κ3) is 4.36. The van der Waals surface area contributed by atoms with Crippen LogP contribution in [0.2, 0.25) is 0 Å². The van der Waals surface area contributed by atoms with Gasteiger partial charge in [0.1, 0.15) is 23.3 Å². The summed E-state index contributed by atoms with van der Waals surface area (Å²) in [5.41, 5.74) is 2.31. The van der Waals surface area contributed by atoms with E-state index in [0.717, 1.165) is 11.1 Å². The fourth-order valence-corrected chi connectivity index (χ4v) is 6.06. The maximum Gasteiger partial charge on any atom is 0.256 e. The summed E-state index contributed by atoms with van der Waals surface area (Å²) in [5.74, 6) is -1.32. The van der Waals surface area contributed by atoms with Crippen LogP contribution in [0, 0.1) is 11.7 Å². The van der Waals surface area contributed by atoms with E-state index in [0.29, 0.717) is 5.56 Å². The molecule has 33 heavy (non-hydrogen) atoms. The second kappa shape index (κ2) is 8.82. The van der Waals surface area contributed by atoms with E-state index in [1.807, 2.05) is 45.9 Å². The van der Waals surface area contributed by atoms with Gasteiger partial charge in [0.05, 0.1) is 0 Å². The number of benzene rings is 2. The summed E-state index contributed by atoms with van der Waals surface area (Å²) in [4.78, 5) is 41.2. The molecule has 2 aliphatic heterocycles. The van der Waals surface area contributed by atoms with Gasteiger partial charge in [-0.25, -0.2) is 4.39 Å². The molecule has 0 unspecified atom stereocenters. The minimum Gasteiger partial charge on any atom is -0.350 e. The van der Waals surface area contributed by atoms with Gasteiger partial charge in [-0.05, 0) is 49.1 Å². The molecule has 2 heterocycles. The molecule has 4 rings (SSSR count). The summed E-state index contributed by atoms with van der Waals surface area (Å²) in [6, 6.07) is 11.9. The lowest BCUT2D eigenvalue weighted by molar-refractivity contribution is -0.132. The van der Waals surface area contributed by atoms with Gasteiger partial charge in [0.2, 0.25) is 11.8 Å². The van der Waals surface area contributed by atoms with Crippen LogP contribution in [0.1, 0.15) is 54.6 Å². The summed E-state index contributed by atoms with van der Waals surface area (Å²) in [5, 5.41) is 5.51. The van der Waals surface area contributed by atoms with E-state index in [9.17, 15) is 18.8 Å². The molecule has 6 nitrogen and oxygen atoms in total. The predicted octanol–water partition coefficient (Wildman–Crippen LogP) is 3.63. The van der Waals surface area contributed by atoms with Crippen molar-refractivity contribution in [2.45, 2.75) is 56.4 Å². The fourth-order valence-electron chi connectivity index (χ4n) is 4.47. The van der Waals surface area contributed by atoms with E-state index in [1.165, 1.54) is 12.1 Å². The Morgan fingerprint density at radius 2 is 1.79 bits per heavy atom. The first-order valence-corrected chi connectivity index (χ1v) is 11.9. The monoisotopic (exact) mass is 469 g/mol. The van der Waals surface area contributed by atoms with Crippen LogP contribution < -0.4 is 10.6 Å². The second-order valence-electron chi connectivity index (χ2n) is 9.35. The Kier molecular flexibility index (Phi) is 6.22. The minimum atomic E-state index is -0.766. The molecule has 0 radical (unpaired) electrons. The smallest absolute Gasteiger partial charge is 0.256 e. The average Bonchev–Trinajstić information content (AvgIpc) is 3.20. The second-order valence-corrected chi connectivity index (χ2v) is 11.1. The molecule has 1 saturated heterocycles. The number of carbonyl (C=O) groups is 3. The highest BCUT2D eigenvalue weighted by Crippen LogP contribution is 2.56. The van der Waals surface area contributed by atoms with E-state index >= 15 is 0 Å². The number of carbonyl (C=O) groups excluding carboxylic acids is 3. The number of nitrogens with zero attached hydrogens (tertiary/aromatic N) is 1. The van der Waals surface area contributed by atoms with Crippen molar-refractivity contribution in [1.82, 2.24) is 15.5 Å². The maximum absolute atomic E-state index is 13.5. The Balaban J connectivity index is 1.49. The molecule has 0 aliphatic carbocycles. The lowest BCUT2D eigenvalue weighted by atomic mass is 9.98. The molecule has 0 bridgehead atoms. The number of fused-ring (bicyclic) bond motifs is 3. The molecule has 174 valence electrons. The minimum absolute atomic E-state index is 0.157. The topological polar surface area (TPSA) is 78.5 Å². The van der Waals surface area contributed by atoms with E-state index in [2.05, 4.69) is 10.6 Å². The highest BCUT2D eigenvalue weighted by molar-refractivity contribution is 8.01. The lowest BCUT2D eigenvalue weighted by Gasteiger charge is -2.32. The number of halogens is 1. The van der Waals surface area contributed by atoms with Crippen molar-refractivity contribution in [3.8, 4) is 0 Å². The standard InChI is InChI=1S/C25H28FN3O3S/c1-14(2)19(21(30)27-13-15-9-11-16(26)12-10-15)28-22(31)20-25(3,4)33-24-18-8-6-5-7-17(18)23(32)29(20)24/h5-12,14,19-20,24H,13H2,1-4H3,(H,27,30)(H,28,31)/t19-,20+,24+/m0/s1. The zero-order chi connectivity index (χ0) is 23.9. The van der Waals surface area contributed by atoms with Crippen molar-refractivity contribution in [2.75, 3.05) is 0 Å². The molecule has 2 aromatic rings. The normalized spacial score (nSPS) is 21.5. The third-order valence-corrected chi connectivity index (χ3v) is 7.71. The van der Waals surface area contributed by atoms with E-state index in [1.54, 1.807) is 34.9 Å². The first-order valence-electron chi connectivity index (χ1n) is 11.0. The predicted molar refractivity (Wildman–Crippen MR) is 126 cm³/mol. The van der Waals surface area contributed by atoms with Crippen LogP contribution in [0.25, 0.3) is 0 Å². The van der Waals surface area contributed by atoms with E-state index < -0.39 is 16.8 Å². The summed E-state index contributed by atoms with van der Waals surface area (Å²) >= 11 is 1.59. The van der Waals surface area contributed by atoms with Crippen LogP contribution in [0.3, 0.4) is 0 Å². The highest BCUT2D eigenvalue weighted by Gasteiger charge is 2.57. The molecule has 0 saturated carbocycles. The van der Waals surface area contributed by atoms with Gasteiger partial charge >= 0.3 is 0 Å². The van der Waals surface area contributed by atoms with Gasteiger partial charge in [0.25, 0.3) is 5.91 Å². The molecule has 3 atom stereocenters. The van der Waals surface area contributed by atoms with Gasteiger partial charge in [-0.3, -0.25) is 14.4 Å². The average molecular weight is 470 g/mol. The SMILES string of the molecule is CC(C)[C@H](NC(=O)[C@H]1N2C(=O)c3ccccc3[C@H]2SC1(C)C)C(=O)NCc1ccc(F)cc1. The first-order chi connectivity index (χ1) is 15.6. The van der Waals surface area contributed by atoms with Gasteiger partial charge < -0.3 is 15.5 Å². The number of rotatable bonds is 6. The number of nitrogens with one attached hydrogen (secondary N) is 2. The molecule has 0 spiro atoms. The van der Waals surface area contributed by atoms with Crippen molar-refractivity contribution in [3.63, 3.8) is 0 Å². The van der Waals surface area contributed by atoms with Gasteiger partial charge in [-0.1, -0.05) is 44.2 Å². The molecular formula is C25H28FN3O3S. The fraction of sp³-hybridized carbons (Fsp3) is 0.400.